The second-order valence-electron chi connectivity index (χ2n) is 6.68. The van der Waals surface area contributed by atoms with Gasteiger partial charge in [-0.05, 0) is 30.3 Å². The average Bonchev–Trinajstić information content (AvgIpc) is 2.94. The van der Waals surface area contributed by atoms with Crippen LogP contribution in [0.2, 0.25) is 0 Å². The van der Waals surface area contributed by atoms with Crippen molar-refractivity contribution in [2.75, 3.05) is 29.1 Å². The van der Waals surface area contributed by atoms with Crippen molar-refractivity contribution in [3.05, 3.63) is 60.0 Å². The monoisotopic (exact) mass is 407 g/mol. The molecule has 0 fully saturated rings. The lowest BCUT2D eigenvalue weighted by atomic mass is 10.2. The Kier molecular flexibility index (Phi) is 5.57. The number of carbonyl (C=O) groups excluding carboxylic acids is 1. The minimum Gasteiger partial charge on any atom is -0.489 e. The van der Waals surface area contributed by atoms with Gasteiger partial charge in [-0.15, -0.1) is 0 Å². The summed E-state index contributed by atoms with van der Waals surface area (Å²) in [7, 11) is 0. The third-order valence-electron chi connectivity index (χ3n) is 4.41. The Morgan fingerprint density at radius 1 is 1.30 bits per heavy atom. The lowest BCUT2D eigenvalue weighted by Crippen LogP contribution is -2.23. The normalized spacial score (nSPS) is 15.2. The van der Waals surface area contributed by atoms with E-state index in [9.17, 15) is 9.90 Å². The number of fused-ring (bicyclic) bond motifs is 1. The number of ether oxygens (including phenoxy) is 1. The van der Waals surface area contributed by atoms with Crippen LogP contribution in [0.25, 0.3) is 0 Å². The first-order valence-electron chi connectivity index (χ1n) is 9.35. The summed E-state index contributed by atoms with van der Waals surface area (Å²) in [6, 6.07) is 11.0. The summed E-state index contributed by atoms with van der Waals surface area (Å²) in [6.45, 7) is 0.998. The van der Waals surface area contributed by atoms with Gasteiger partial charge in [-0.2, -0.15) is 4.98 Å². The fraction of sp³-hybridized carbons (Fsp3) is 0.200. The molecule has 4 rings (SSSR count). The molecule has 0 radical (unpaired) electrons. The maximum Gasteiger partial charge on any atom is 0.254 e. The van der Waals surface area contributed by atoms with Gasteiger partial charge in [-0.1, -0.05) is 6.07 Å². The Balaban J connectivity index is 1.54. The molecule has 0 aliphatic carbocycles. The van der Waals surface area contributed by atoms with Gasteiger partial charge in [-0.25, -0.2) is 4.98 Å². The van der Waals surface area contributed by atoms with Crippen LogP contribution in [0.15, 0.2) is 48.8 Å². The van der Waals surface area contributed by atoms with Gasteiger partial charge in [0.15, 0.2) is 0 Å². The summed E-state index contributed by atoms with van der Waals surface area (Å²) in [5.74, 6) is 0.623. The molecule has 1 amide bonds. The number of rotatable bonds is 6. The molecule has 1 aromatic carbocycles. The second kappa shape index (κ2) is 8.62. The minimum absolute atomic E-state index is 0.183. The van der Waals surface area contributed by atoms with Gasteiger partial charge >= 0.3 is 0 Å². The maximum absolute atomic E-state index is 11.7. The smallest absolute Gasteiger partial charge is 0.254 e. The molecule has 10 heteroatoms. The van der Waals surface area contributed by atoms with Gasteiger partial charge in [0.1, 0.15) is 24.3 Å². The number of hydrogen-bond acceptors (Lipinski definition) is 9. The molecule has 3 heterocycles. The Bertz CT molecular complexity index is 1050. The van der Waals surface area contributed by atoms with E-state index in [-0.39, 0.29) is 18.1 Å². The Morgan fingerprint density at radius 3 is 3.00 bits per heavy atom. The lowest BCUT2D eigenvalue weighted by molar-refractivity contribution is 0.100. The molecular formula is C20H21N7O3. The molecule has 1 atom stereocenters. The number of aliphatic hydroxyl groups excluding tert-OH is 1. The van der Waals surface area contributed by atoms with Crippen molar-refractivity contribution in [3.63, 3.8) is 0 Å². The first-order valence-corrected chi connectivity index (χ1v) is 9.35. The molecule has 1 aliphatic heterocycles. The lowest BCUT2D eigenvalue weighted by Gasteiger charge is -2.13. The van der Waals surface area contributed by atoms with E-state index in [0.29, 0.717) is 30.3 Å². The Morgan fingerprint density at radius 2 is 2.20 bits per heavy atom. The van der Waals surface area contributed by atoms with Crippen molar-refractivity contribution in [2.45, 2.75) is 12.6 Å². The first-order chi connectivity index (χ1) is 14.6. The fourth-order valence-electron chi connectivity index (χ4n) is 2.91. The SMILES string of the molecule is NC(=O)c1cnc(Nc2ccc3c(c2)NCC(O)CO3)nc1NCc1ccccn1. The van der Waals surface area contributed by atoms with E-state index in [1.54, 1.807) is 12.3 Å². The highest BCUT2D eigenvalue weighted by Gasteiger charge is 2.16. The zero-order valence-electron chi connectivity index (χ0n) is 16.0. The van der Waals surface area contributed by atoms with Crippen molar-refractivity contribution in [1.82, 2.24) is 15.0 Å². The van der Waals surface area contributed by atoms with Crippen LogP contribution in [0.3, 0.4) is 0 Å². The predicted octanol–water partition coefficient (Wildman–Crippen LogP) is 1.49. The number of nitrogens with two attached hydrogens (primary N) is 1. The molecule has 0 bridgehead atoms. The van der Waals surface area contributed by atoms with Crippen molar-refractivity contribution in [1.29, 1.82) is 0 Å². The van der Waals surface area contributed by atoms with E-state index < -0.39 is 12.0 Å². The molecule has 0 spiro atoms. The summed E-state index contributed by atoms with van der Waals surface area (Å²) in [5, 5.41) is 19.1. The summed E-state index contributed by atoms with van der Waals surface area (Å²) in [4.78, 5) is 24.6. The van der Waals surface area contributed by atoms with Crippen LogP contribution in [0.5, 0.6) is 5.75 Å². The standard InChI is InChI=1S/C20H21N7O3/c21-18(29)15-10-25-20(27-19(15)24-8-13-3-1-2-6-22-13)26-12-4-5-17-16(7-12)23-9-14(28)11-30-17/h1-7,10,14,23,28H,8-9,11H2,(H2,21,29)(H2,24,25,26,27). The molecule has 10 nitrogen and oxygen atoms in total. The van der Waals surface area contributed by atoms with Crippen LogP contribution in [0.4, 0.5) is 23.1 Å². The topological polar surface area (TPSA) is 147 Å². The number of carbonyl (C=O) groups is 1. The molecule has 30 heavy (non-hydrogen) atoms. The third-order valence-corrected chi connectivity index (χ3v) is 4.41. The van der Waals surface area contributed by atoms with Crippen LogP contribution in [0, 0.1) is 0 Å². The van der Waals surface area contributed by atoms with Crippen molar-refractivity contribution in [2.24, 2.45) is 5.73 Å². The summed E-state index contributed by atoms with van der Waals surface area (Å²) >= 11 is 0. The first kappa shape index (κ1) is 19.4. The number of benzene rings is 1. The van der Waals surface area contributed by atoms with Gasteiger partial charge in [0, 0.05) is 24.6 Å². The number of primary amides is 1. The van der Waals surface area contributed by atoms with E-state index in [2.05, 4.69) is 30.9 Å². The van der Waals surface area contributed by atoms with Gasteiger partial charge in [0.25, 0.3) is 5.91 Å². The van der Waals surface area contributed by atoms with Crippen LogP contribution >= 0.6 is 0 Å². The minimum atomic E-state index is -0.630. The van der Waals surface area contributed by atoms with E-state index in [0.717, 1.165) is 11.4 Å². The molecule has 154 valence electrons. The van der Waals surface area contributed by atoms with Gasteiger partial charge in [0.2, 0.25) is 5.95 Å². The Hall–Kier alpha value is -3.92. The van der Waals surface area contributed by atoms with Crippen molar-refractivity contribution in [3.8, 4) is 5.75 Å². The number of nitrogens with zero attached hydrogens (tertiary/aromatic N) is 3. The molecule has 0 saturated heterocycles. The van der Waals surface area contributed by atoms with E-state index >= 15 is 0 Å². The van der Waals surface area contributed by atoms with Gasteiger partial charge in [-0.3, -0.25) is 9.78 Å². The fourth-order valence-corrected chi connectivity index (χ4v) is 2.91. The summed E-state index contributed by atoms with van der Waals surface area (Å²) in [6.07, 6.45) is 2.49. The maximum atomic E-state index is 11.7. The van der Waals surface area contributed by atoms with Gasteiger partial charge < -0.3 is 31.5 Å². The summed E-state index contributed by atoms with van der Waals surface area (Å²) in [5.41, 5.74) is 7.89. The highest BCUT2D eigenvalue weighted by Crippen LogP contribution is 2.31. The van der Waals surface area contributed by atoms with Crippen molar-refractivity contribution >= 4 is 29.0 Å². The summed E-state index contributed by atoms with van der Waals surface area (Å²) < 4.78 is 5.56. The Labute approximate surface area is 172 Å². The molecule has 2 aromatic heterocycles. The van der Waals surface area contributed by atoms with Gasteiger partial charge in [0.05, 0.1) is 23.5 Å². The number of amides is 1. The number of aliphatic hydroxyl groups is 1. The molecular weight excluding hydrogens is 386 g/mol. The molecule has 0 saturated carbocycles. The zero-order chi connectivity index (χ0) is 20.9. The highest BCUT2D eigenvalue weighted by molar-refractivity contribution is 5.97. The largest absolute Gasteiger partial charge is 0.489 e. The van der Waals surface area contributed by atoms with E-state index in [4.69, 9.17) is 10.5 Å². The molecule has 6 N–H and O–H groups in total. The van der Waals surface area contributed by atoms with Crippen LogP contribution < -0.4 is 26.4 Å². The van der Waals surface area contributed by atoms with Crippen LogP contribution in [-0.4, -0.2) is 45.2 Å². The van der Waals surface area contributed by atoms with E-state index in [1.165, 1.54) is 6.20 Å². The predicted molar refractivity (Wildman–Crippen MR) is 112 cm³/mol. The number of nitrogens with one attached hydrogen (secondary N) is 3. The number of aromatic nitrogens is 3. The number of β-amino-alcohol motifs (C(OH)–C–C–N with tert-alkyl or cyclic N) is 1. The van der Waals surface area contributed by atoms with Crippen LogP contribution in [-0.2, 0) is 6.54 Å². The number of pyridine rings is 1. The quantitative estimate of drug-likeness (QED) is 0.410. The average molecular weight is 407 g/mol. The van der Waals surface area contributed by atoms with Crippen LogP contribution in [0.1, 0.15) is 16.1 Å². The molecule has 3 aromatic rings. The number of anilines is 4. The zero-order valence-corrected chi connectivity index (χ0v) is 16.0. The molecule has 1 unspecified atom stereocenters. The van der Waals surface area contributed by atoms with Crippen molar-refractivity contribution < 1.29 is 14.6 Å². The highest BCUT2D eigenvalue weighted by atomic mass is 16.5. The number of hydrogen-bond donors (Lipinski definition) is 5. The third kappa shape index (κ3) is 4.55. The second-order valence-corrected chi connectivity index (χ2v) is 6.68. The molecule has 1 aliphatic rings. The van der Waals surface area contributed by atoms with E-state index in [1.807, 2.05) is 30.3 Å².